The van der Waals surface area contributed by atoms with E-state index in [4.69, 9.17) is 5.73 Å². The summed E-state index contributed by atoms with van der Waals surface area (Å²) in [6.07, 6.45) is 2.14. The Balaban J connectivity index is 1.29. The van der Waals surface area contributed by atoms with Gasteiger partial charge in [-0.05, 0) is 47.5 Å². The summed E-state index contributed by atoms with van der Waals surface area (Å²) in [5.41, 5.74) is 10.1. The van der Waals surface area contributed by atoms with Crippen molar-refractivity contribution in [2.45, 2.75) is 19.4 Å². The molecule has 0 fully saturated rings. The van der Waals surface area contributed by atoms with Crippen molar-refractivity contribution in [2.24, 2.45) is 0 Å². The second-order valence-corrected chi connectivity index (χ2v) is 7.68. The molecule has 0 aliphatic heterocycles. The number of nitrogen functional groups attached to an aromatic ring is 1. The Morgan fingerprint density at radius 3 is 2.44 bits per heavy atom. The van der Waals surface area contributed by atoms with Crippen molar-refractivity contribution < 1.29 is 14.0 Å². The molecule has 2 amide bonds. The molecule has 1 aromatic heterocycles. The molecule has 4 rings (SSSR count). The number of nitrogens with two attached hydrogens (primary N) is 1. The van der Waals surface area contributed by atoms with Crippen molar-refractivity contribution in [3.63, 3.8) is 0 Å². The number of halogens is 1. The number of anilines is 3. The van der Waals surface area contributed by atoms with Crippen LogP contribution in [-0.2, 0) is 22.6 Å². The second kappa shape index (κ2) is 10.4. The quantitative estimate of drug-likeness (QED) is 0.347. The minimum Gasteiger partial charge on any atom is -0.397 e. The highest BCUT2D eigenvalue weighted by atomic mass is 19.1. The van der Waals surface area contributed by atoms with E-state index >= 15 is 0 Å². The number of carbonyl (C=O) groups is 2. The van der Waals surface area contributed by atoms with Crippen molar-refractivity contribution in [1.82, 2.24) is 15.0 Å². The Bertz CT molecular complexity index is 1290. The zero-order chi connectivity index (χ0) is 23.9. The Kier molecular flexibility index (Phi) is 6.92. The fourth-order valence-corrected chi connectivity index (χ4v) is 3.34. The van der Waals surface area contributed by atoms with Crippen molar-refractivity contribution in [2.75, 3.05) is 16.4 Å². The molecule has 1 heterocycles. The molecule has 0 atom stereocenters. The number of aryl methyl sites for hydroxylation is 1. The van der Waals surface area contributed by atoms with Gasteiger partial charge < -0.3 is 16.4 Å². The molecular formula is C25H23FN6O2. The maximum atomic E-state index is 13.0. The summed E-state index contributed by atoms with van der Waals surface area (Å²) < 4.78 is 14.3. The minimum atomic E-state index is -0.380. The highest BCUT2D eigenvalue weighted by Crippen LogP contribution is 2.27. The summed E-state index contributed by atoms with van der Waals surface area (Å²) in [5, 5.41) is 13.5. The van der Waals surface area contributed by atoms with Crippen LogP contribution in [-0.4, -0.2) is 26.8 Å². The zero-order valence-electron chi connectivity index (χ0n) is 18.2. The van der Waals surface area contributed by atoms with Crippen LogP contribution >= 0.6 is 0 Å². The van der Waals surface area contributed by atoms with Crippen LogP contribution in [0, 0.1) is 5.82 Å². The maximum Gasteiger partial charge on any atom is 0.246 e. The number of amides is 2. The van der Waals surface area contributed by atoms with Crippen LogP contribution in [0.3, 0.4) is 0 Å². The zero-order valence-corrected chi connectivity index (χ0v) is 18.2. The van der Waals surface area contributed by atoms with Gasteiger partial charge in [-0.2, -0.15) is 0 Å². The summed E-state index contributed by atoms with van der Waals surface area (Å²) >= 11 is 0. The van der Waals surface area contributed by atoms with E-state index in [0.717, 1.165) is 11.1 Å². The lowest BCUT2D eigenvalue weighted by Gasteiger charge is -2.10. The fraction of sp³-hybridized carbons (Fsp3) is 0.120. The van der Waals surface area contributed by atoms with Crippen LogP contribution in [0.5, 0.6) is 0 Å². The van der Waals surface area contributed by atoms with E-state index in [0.29, 0.717) is 29.2 Å². The molecule has 0 unspecified atom stereocenters. The number of aromatic nitrogens is 3. The van der Waals surface area contributed by atoms with Gasteiger partial charge in [-0.3, -0.25) is 9.59 Å². The molecule has 0 spiro atoms. The first-order chi connectivity index (χ1) is 16.5. The van der Waals surface area contributed by atoms with Crippen LogP contribution in [0.2, 0.25) is 0 Å². The van der Waals surface area contributed by atoms with Gasteiger partial charge in [0.05, 0.1) is 17.1 Å². The maximum absolute atomic E-state index is 13.0. The van der Waals surface area contributed by atoms with Gasteiger partial charge in [0.1, 0.15) is 12.4 Å². The van der Waals surface area contributed by atoms with Crippen molar-refractivity contribution in [1.29, 1.82) is 0 Å². The molecule has 8 nitrogen and oxygen atoms in total. The van der Waals surface area contributed by atoms with E-state index < -0.39 is 0 Å². The lowest BCUT2D eigenvalue weighted by atomic mass is 10.0. The van der Waals surface area contributed by atoms with E-state index in [9.17, 15) is 14.0 Å². The second-order valence-electron chi connectivity index (χ2n) is 7.68. The molecular weight excluding hydrogens is 435 g/mol. The van der Waals surface area contributed by atoms with Crippen LogP contribution in [0.1, 0.15) is 12.1 Å². The fourth-order valence-electron chi connectivity index (χ4n) is 3.34. The summed E-state index contributed by atoms with van der Waals surface area (Å²) in [7, 11) is 0. The Labute approximate surface area is 195 Å². The number of hydrogen-bond acceptors (Lipinski definition) is 5. The number of carbonyl (C=O) groups excluding carboxylic acids is 2. The number of nitrogens with one attached hydrogen (secondary N) is 2. The predicted molar refractivity (Wildman–Crippen MR) is 128 cm³/mol. The average molecular weight is 458 g/mol. The first-order valence-electron chi connectivity index (χ1n) is 10.7. The lowest BCUT2D eigenvalue weighted by Crippen LogP contribution is -2.19. The largest absolute Gasteiger partial charge is 0.397 e. The third-order valence-corrected chi connectivity index (χ3v) is 5.06. The van der Waals surface area contributed by atoms with E-state index in [-0.39, 0.29) is 30.6 Å². The highest BCUT2D eigenvalue weighted by molar-refractivity contribution is 5.95. The number of hydrogen-bond donors (Lipinski definition) is 3. The normalized spacial score (nSPS) is 10.6. The SMILES string of the molecule is Nc1ccc(-c2ccccc2)cc1NC(=O)CCc1cn(CC(=O)Nc2ccc(F)cc2)nn1. The van der Waals surface area contributed by atoms with Gasteiger partial charge in [0.2, 0.25) is 11.8 Å². The van der Waals surface area contributed by atoms with Gasteiger partial charge in [0.25, 0.3) is 0 Å². The van der Waals surface area contributed by atoms with Gasteiger partial charge in [0.15, 0.2) is 0 Å². The summed E-state index contributed by atoms with van der Waals surface area (Å²) in [4.78, 5) is 24.6. The Morgan fingerprint density at radius 2 is 1.68 bits per heavy atom. The molecule has 0 aliphatic carbocycles. The topological polar surface area (TPSA) is 115 Å². The average Bonchev–Trinajstić information content (AvgIpc) is 3.28. The monoisotopic (exact) mass is 458 g/mol. The standard InChI is InChI=1S/C25H23FN6O2/c26-19-7-9-20(10-8-19)28-25(34)16-32-15-21(30-31-32)11-13-24(33)29-23-14-18(6-12-22(23)27)17-4-2-1-3-5-17/h1-10,12,14-15H,11,13,16,27H2,(H,28,34)(H,29,33). The number of rotatable bonds is 8. The Morgan fingerprint density at radius 1 is 0.912 bits per heavy atom. The van der Waals surface area contributed by atoms with Crippen LogP contribution < -0.4 is 16.4 Å². The molecule has 34 heavy (non-hydrogen) atoms. The van der Waals surface area contributed by atoms with Gasteiger partial charge in [-0.1, -0.05) is 41.6 Å². The van der Waals surface area contributed by atoms with E-state index in [1.807, 2.05) is 42.5 Å². The molecule has 0 radical (unpaired) electrons. The molecule has 0 saturated heterocycles. The molecule has 172 valence electrons. The van der Waals surface area contributed by atoms with Crippen molar-refractivity contribution in [3.05, 3.63) is 90.5 Å². The summed E-state index contributed by atoms with van der Waals surface area (Å²) in [6.45, 7) is -0.0562. The molecule has 0 saturated carbocycles. The molecule has 4 N–H and O–H groups in total. The van der Waals surface area contributed by atoms with Gasteiger partial charge in [0, 0.05) is 24.7 Å². The van der Waals surface area contributed by atoms with E-state index in [1.165, 1.54) is 28.9 Å². The molecule has 0 aliphatic rings. The third kappa shape index (κ3) is 6.04. The summed E-state index contributed by atoms with van der Waals surface area (Å²) in [6, 6.07) is 20.8. The summed E-state index contributed by atoms with van der Waals surface area (Å²) in [5.74, 6) is -0.912. The lowest BCUT2D eigenvalue weighted by molar-refractivity contribution is -0.117. The highest BCUT2D eigenvalue weighted by Gasteiger charge is 2.11. The van der Waals surface area contributed by atoms with Crippen molar-refractivity contribution in [3.8, 4) is 11.1 Å². The van der Waals surface area contributed by atoms with Gasteiger partial charge >= 0.3 is 0 Å². The van der Waals surface area contributed by atoms with Crippen LogP contribution in [0.4, 0.5) is 21.5 Å². The van der Waals surface area contributed by atoms with Gasteiger partial charge in [-0.15, -0.1) is 5.10 Å². The molecule has 4 aromatic rings. The molecule has 3 aromatic carbocycles. The molecule has 9 heteroatoms. The predicted octanol–water partition coefficient (Wildman–Crippen LogP) is 3.88. The Hall–Kier alpha value is -4.53. The first kappa shape index (κ1) is 22.7. The minimum absolute atomic E-state index is 0.0562. The van der Waals surface area contributed by atoms with Crippen molar-refractivity contribution >= 4 is 28.9 Å². The van der Waals surface area contributed by atoms with Crippen LogP contribution in [0.15, 0.2) is 79.0 Å². The number of benzene rings is 3. The smallest absolute Gasteiger partial charge is 0.246 e. The first-order valence-corrected chi connectivity index (χ1v) is 10.7. The number of nitrogens with zero attached hydrogens (tertiary/aromatic N) is 3. The third-order valence-electron chi connectivity index (χ3n) is 5.06. The van der Waals surface area contributed by atoms with Gasteiger partial charge in [-0.25, -0.2) is 9.07 Å². The van der Waals surface area contributed by atoms with E-state index in [1.54, 1.807) is 12.3 Å². The van der Waals surface area contributed by atoms with E-state index in [2.05, 4.69) is 20.9 Å². The molecule has 0 bridgehead atoms. The van der Waals surface area contributed by atoms with Crippen LogP contribution in [0.25, 0.3) is 11.1 Å².